The van der Waals surface area contributed by atoms with Crippen molar-refractivity contribution >= 4 is 23.4 Å². The lowest BCUT2D eigenvalue weighted by atomic mass is 10.3. The molecule has 7 heteroatoms. The van der Waals surface area contributed by atoms with Gasteiger partial charge in [-0.25, -0.2) is 0 Å². The number of anilines is 1. The van der Waals surface area contributed by atoms with Crippen LogP contribution in [0.4, 0.5) is 18.9 Å². The van der Waals surface area contributed by atoms with Crippen LogP contribution in [0.3, 0.4) is 0 Å². The van der Waals surface area contributed by atoms with Crippen LogP contribution in [0.1, 0.15) is 6.92 Å². The molecule has 0 saturated heterocycles. The fraction of sp³-hybridized carbons (Fsp3) is 0.300. The SMILES string of the molecule is C[C@H](N)C(=O)Nc1ccccc1SC(F)(F)F. The van der Waals surface area contributed by atoms with Gasteiger partial charge in [-0.1, -0.05) is 12.1 Å². The predicted molar refractivity (Wildman–Crippen MR) is 60.6 cm³/mol. The molecule has 0 spiro atoms. The molecule has 0 aliphatic rings. The molecule has 1 aromatic carbocycles. The molecule has 1 amide bonds. The van der Waals surface area contributed by atoms with Crippen molar-refractivity contribution in [2.75, 3.05) is 5.32 Å². The quantitative estimate of drug-likeness (QED) is 0.825. The second-order valence-electron chi connectivity index (χ2n) is 3.32. The second-order valence-corrected chi connectivity index (χ2v) is 4.43. The zero-order chi connectivity index (χ0) is 13.1. The van der Waals surface area contributed by atoms with Gasteiger partial charge in [0, 0.05) is 4.90 Å². The van der Waals surface area contributed by atoms with Crippen LogP contribution in [0.5, 0.6) is 0 Å². The van der Waals surface area contributed by atoms with E-state index in [4.69, 9.17) is 5.73 Å². The Bertz CT molecular complexity index is 407. The molecule has 0 aromatic heterocycles. The van der Waals surface area contributed by atoms with Crippen LogP contribution in [0.25, 0.3) is 0 Å². The van der Waals surface area contributed by atoms with Crippen molar-refractivity contribution in [1.29, 1.82) is 0 Å². The van der Waals surface area contributed by atoms with E-state index in [1.165, 1.54) is 31.2 Å². The molecule has 0 saturated carbocycles. The van der Waals surface area contributed by atoms with Gasteiger partial charge < -0.3 is 11.1 Å². The van der Waals surface area contributed by atoms with E-state index >= 15 is 0 Å². The van der Waals surface area contributed by atoms with E-state index in [-0.39, 0.29) is 22.3 Å². The molecule has 0 aliphatic carbocycles. The lowest BCUT2D eigenvalue weighted by molar-refractivity contribution is -0.117. The molecule has 0 radical (unpaired) electrons. The van der Waals surface area contributed by atoms with Gasteiger partial charge in [0.05, 0.1) is 11.7 Å². The van der Waals surface area contributed by atoms with E-state index in [2.05, 4.69) is 5.32 Å². The molecule has 3 nitrogen and oxygen atoms in total. The summed E-state index contributed by atoms with van der Waals surface area (Å²) < 4.78 is 36.7. The average molecular weight is 264 g/mol. The van der Waals surface area contributed by atoms with Crippen molar-refractivity contribution in [1.82, 2.24) is 0 Å². The molecule has 1 atom stereocenters. The van der Waals surface area contributed by atoms with Crippen LogP contribution in [-0.2, 0) is 4.79 Å². The summed E-state index contributed by atoms with van der Waals surface area (Å²) in [6, 6.07) is 4.91. The summed E-state index contributed by atoms with van der Waals surface area (Å²) in [6.45, 7) is 1.45. The van der Waals surface area contributed by atoms with E-state index in [1.54, 1.807) is 0 Å². The van der Waals surface area contributed by atoms with Gasteiger partial charge in [-0.05, 0) is 30.8 Å². The zero-order valence-corrected chi connectivity index (χ0v) is 9.73. The first-order chi connectivity index (χ1) is 7.79. The van der Waals surface area contributed by atoms with Gasteiger partial charge in [0.25, 0.3) is 0 Å². The zero-order valence-electron chi connectivity index (χ0n) is 8.91. The number of carbonyl (C=O) groups excluding carboxylic acids is 1. The van der Waals surface area contributed by atoms with E-state index in [1.807, 2.05) is 0 Å². The van der Waals surface area contributed by atoms with Gasteiger partial charge in [-0.3, -0.25) is 4.79 Å². The molecule has 3 N–H and O–H groups in total. The van der Waals surface area contributed by atoms with Crippen LogP contribution in [0.15, 0.2) is 29.2 Å². The van der Waals surface area contributed by atoms with Crippen molar-refractivity contribution in [2.45, 2.75) is 23.4 Å². The Morgan fingerprint density at radius 2 is 2.00 bits per heavy atom. The minimum absolute atomic E-state index is 0.0611. The summed E-state index contributed by atoms with van der Waals surface area (Å²) in [6.07, 6.45) is 0. The molecule has 1 rings (SSSR count). The summed E-state index contributed by atoms with van der Waals surface area (Å²) in [7, 11) is 0. The van der Waals surface area contributed by atoms with Crippen LogP contribution < -0.4 is 11.1 Å². The number of nitrogens with one attached hydrogen (secondary N) is 1. The maximum Gasteiger partial charge on any atom is 0.446 e. The van der Waals surface area contributed by atoms with Gasteiger partial charge in [-0.2, -0.15) is 13.2 Å². The maximum atomic E-state index is 12.2. The van der Waals surface area contributed by atoms with Crippen molar-refractivity contribution in [3.63, 3.8) is 0 Å². The number of rotatable bonds is 3. The number of benzene rings is 1. The summed E-state index contributed by atoms with van der Waals surface area (Å²) >= 11 is -0.274. The third-order valence-electron chi connectivity index (χ3n) is 1.78. The fourth-order valence-electron chi connectivity index (χ4n) is 1.03. The second kappa shape index (κ2) is 5.42. The molecule has 0 unspecified atom stereocenters. The highest BCUT2D eigenvalue weighted by Crippen LogP contribution is 2.40. The fourth-order valence-corrected chi connectivity index (χ4v) is 1.66. The van der Waals surface area contributed by atoms with E-state index in [9.17, 15) is 18.0 Å². The summed E-state index contributed by atoms with van der Waals surface area (Å²) in [5.74, 6) is -0.528. The minimum Gasteiger partial charge on any atom is -0.324 e. The molecule has 0 aliphatic heterocycles. The Balaban J connectivity index is 2.89. The average Bonchev–Trinajstić information content (AvgIpc) is 2.18. The van der Waals surface area contributed by atoms with Crippen molar-refractivity contribution in [3.8, 4) is 0 Å². The highest BCUT2D eigenvalue weighted by molar-refractivity contribution is 8.00. The number of nitrogens with two attached hydrogens (primary N) is 1. The molecule has 1 aromatic rings. The molecule has 0 fully saturated rings. The Morgan fingerprint density at radius 1 is 1.41 bits per heavy atom. The third kappa shape index (κ3) is 4.66. The number of carbonyl (C=O) groups is 1. The highest BCUT2D eigenvalue weighted by atomic mass is 32.2. The summed E-state index contributed by atoms with van der Waals surface area (Å²) in [4.78, 5) is 11.2. The van der Waals surface area contributed by atoms with E-state index < -0.39 is 17.5 Å². The van der Waals surface area contributed by atoms with Gasteiger partial charge in [0.15, 0.2) is 0 Å². The van der Waals surface area contributed by atoms with Crippen LogP contribution in [0, 0.1) is 0 Å². The summed E-state index contributed by atoms with van der Waals surface area (Å²) in [5.41, 5.74) is 1.03. The lowest BCUT2D eigenvalue weighted by Gasteiger charge is -2.13. The summed E-state index contributed by atoms with van der Waals surface area (Å²) in [5, 5.41) is 2.35. The largest absolute Gasteiger partial charge is 0.446 e. The standard InChI is InChI=1S/C10H11F3N2OS/c1-6(14)9(16)15-7-4-2-3-5-8(7)17-10(11,12)13/h2-6H,14H2,1H3,(H,15,16)/t6-/m0/s1. The Kier molecular flexibility index (Phi) is 4.41. The topological polar surface area (TPSA) is 55.1 Å². The lowest BCUT2D eigenvalue weighted by Crippen LogP contribution is -2.32. The minimum atomic E-state index is -4.39. The molecular formula is C10H11F3N2OS. The van der Waals surface area contributed by atoms with Crippen LogP contribution in [-0.4, -0.2) is 17.5 Å². The maximum absolute atomic E-state index is 12.2. The Labute approximate surface area is 101 Å². The van der Waals surface area contributed by atoms with Crippen LogP contribution >= 0.6 is 11.8 Å². The first-order valence-electron chi connectivity index (χ1n) is 4.71. The normalized spacial score (nSPS) is 13.2. The number of hydrogen-bond acceptors (Lipinski definition) is 3. The molecule has 94 valence electrons. The predicted octanol–water partition coefficient (Wildman–Crippen LogP) is 2.58. The van der Waals surface area contributed by atoms with Crippen molar-refractivity contribution < 1.29 is 18.0 Å². The van der Waals surface area contributed by atoms with Gasteiger partial charge >= 0.3 is 5.51 Å². The van der Waals surface area contributed by atoms with Gasteiger partial charge in [0.1, 0.15) is 0 Å². The highest BCUT2D eigenvalue weighted by Gasteiger charge is 2.30. The first kappa shape index (κ1) is 13.9. The van der Waals surface area contributed by atoms with Crippen molar-refractivity contribution in [2.24, 2.45) is 5.73 Å². The molecule has 0 bridgehead atoms. The molecule has 17 heavy (non-hydrogen) atoms. The number of alkyl halides is 3. The number of amides is 1. The number of para-hydroxylation sites is 1. The van der Waals surface area contributed by atoms with Crippen molar-refractivity contribution in [3.05, 3.63) is 24.3 Å². The monoisotopic (exact) mass is 264 g/mol. The first-order valence-corrected chi connectivity index (χ1v) is 5.52. The Morgan fingerprint density at radius 3 is 2.53 bits per heavy atom. The smallest absolute Gasteiger partial charge is 0.324 e. The third-order valence-corrected chi connectivity index (χ3v) is 2.59. The van der Waals surface area contributed by atoms with Gasteiger partial charge in [0.2, 0.25) is 5.91 Å². The molecule has 0 heterocycles. The number of hydrogen-bond donors (Lipinski definition) is 2. The number of halogens is 3. The molecular weight excluding hydrogens is 253 g/mol. The van der Waals surface area contributed by atoms with Gasteiger partial charge in [-0.15, -0.1) is 0 Å². The Hall–Kier alpha value is -1.21. The van der Waals surface area contributed by atoms with E-state index in [0.717, 1.165) is 0 Å². The van der Waals surface area contributed by atoms with E-state index in [0.29, 0.717) is 0 Å². The number of thioether (sulfide) groups is 1. The van der Waals surface area contributed by atoms with Crippen LogP contribution in [0.2, 0.25) is 0 Å².